The minimum atomic E-state index is -0.271. The summed E-state index contributed by atoms with van der Waals surface area (Å²) < 4.78 is 13.2. The Labute approximate surface area is 165 Å². The van der Waals surface area contributed by atoms with Gasteiger partial charge in [0.25, 0.3) is 0 Å². The molecule has 5 heteroatoms. The van der Waals surface area contributed by atoms with Crippen LogP contribution in [0.3, 0.4) is 0 Å². The van der Waals surface area contributed by atoms with Crippen molar-refractivity contribution < 1.29 is 9.18 Å². The molecule has 0 radical (unpaired) electrons. The first-order chi connectivity index (χ1) is 13.6. The molecule has 3 atom stereocenters. The lowest BCUT2D eigenvalue weighted by Gasteiger charge is -2.55. The van der Waals surface area contributed by atoms with Gasteiger partial charge in [0.1, 0.15) is 5.82 Å². The Balaban J connectivity index is 1.43. The molecule has 0 aliphatic carbocycles. The Bertz CT molecular complexity index is 838. The monoisotopic (exact) mass is 379 g/mol. The molecule has 4 aliphatic rings. The smallest absolute Gasteiger partial charge is 0.224 e. The van der Waals surface area contributed by atoms with Crippen LogP contribution in [0, 0.1) is 11.7 Å². The van der Waals surface area contributed by atoms with Crippen molar-refractivity contribution in [3.8, 4) is 0 Å². The summed E-state index contributed by atoms with van der Waals surface area (Å²) in [5.74, 6) is 0.193. The molecule has 4 aliphatic heterocycles. The van der Waals surface area contributed by atoms with E-state index in [9.17, 15) is 9.18 Å². The highest BCUT2D eigenvalue weighted by Gasteiger charge is 2.55. The quantitative estimate of drug-likeness (QED) is 0.883. The highest BCUT2D eigenvalue weighted by Crippen LogP contribution is 2.43. The van der Waals surface area contributed by atoms with Gasteiger partial charge in [0, 0.05) is 56.6 Å². The standard InChI is InChI=1S/C23H26FN3O/c24-20-8-6-17(7-9-20)12-21(28)25-22-18-13-26-10-11-27(14-18)16-23(22,15-26)19-4-2-1-3-5-19/h1-9,18,22H,10-16H2,(H,25,28)/t18?,22-,23?/m1/s1. The van der Waals surface area contributed by atoms with Crippen molar-refractivity contribution in [2.24, 2.45) is 5.92 Å². The van der Waals surface area contributed by atoms with E-state index in [2.05, 4.69) is 45.4 Å². The highest BCUT2D eigenvalue weighted by atomic mass is 19.1. The SMILES string of the molecule is O=C(Cc1ccc(F)cc1)N[C@@H]1C2CN3CCN(C2)CC1(c1ccccc1)C3. The Kier molecular flexibility index (Phi) is 4.44. The first-order valence-electron chi connectivity index (χ1n) is 10.2. The summed E-state index contributed by atoms with van der Waals surface area (Å²) in [5, 5.41) is 3.41. The van der Waals surface area contributed by atoms with Gasteiger partial charge in [0.2, 0.25) is 5.91 Å². The van der Waals surface area contributed by atoms with E-state index in [1.54, 1.807) is 12.1 Å². The van der Waals surface area contributed by atoms with Gasteiger partial charge in [-0.1, -0.05) is 42.5 Å². The van der Waals surface area contributed by atoms with Crippen molar-refractivity contribution in [2.45, 2.75) is 17.9 Å². The van der Waals surface area contributed by atoms with Crippen LogP contribution in [0.15, 0.2) is 54.6 Å². The van der Waals surface area contributed by atoms with E-state index in [1.807, 2.05) is 0 Å². The summed E-state index contributed by atoms with van der Waals surface area (Å²) in [7, 11) is 0. The van der Waals surface area contributed by atoms with Crippen LogP contribution in [0.1, 0.15) is 11.1 Å². The average molecular weight is 379 g/mol. The van der Waals surface area contributed by atoms with Crippen molar-refractivity contribution in [2.75, 3.05) is 39.3 Å². The Morgan fingerprint density at radius 1 is 1.00 bits per heavy atom. The van der Waals surface area contributed by atoms with E-state index in [1.165, 1.54) is 17.7 Å². The molecule has 0 aromatic heterocycles. The lowest BCUT2D eigenvalue weighted by atomic mass is 9.64. The molecule has 2 aromatic rings. The van der Waals surface area contributed by atoms with Crippen LogP contribution in [0.5, 0.6) is 0 Å². The second-order valence-electron chi connectivity index (χ2n) is 8.60. The number of carbonyl (C=O) groups is 1. The maximum absolute atomic E-state index is 13.2. The van der Waals surface area contributed by atoms with Crippen LogP contribution >= 0.6 is 0 Å². The molecular weight excluding hydrogens is 353 g/mol. The zero-order valence-electron chi connectivity index (χ0n) is 16.0. The first-order valence-corrected chi connectivity index (χ1v) is 10.2. The first kappa shape index (κ1) is 17.8. The normalized spacial score (nSPS) is 33.5. The Morgan fingerprint density at radius 2 is 1.64 bits per heavy atom. The molecule has 0 spiro atoms. The van der Waals surface area contributed by atoms with Gasteiger partial charge in [-0.15, -0.1) is 0 Å². The molecule has 4 bridgehead atoms. The maximum Gasteiger partial charge on any atom is 0.224 e. The van der Waals surface area contributed by atoms with E-state index in [-0.39, 0.29) is 23.2 Å². The van der Waals surface area contributed by atoms with Crippen molar-refractivity contribution in [3.05, 3.63) is 71.5 Å². The van der Waals surface area contributed by atoms with Crippen LogP contribution in [0.25, 0.3) is 0 Å². The molecule has 0 saturated carbocycles. The number of halogens is 1. The summed E-state index contributed by atoms with van der Waals surface area (Å²) in [6, 6.07) is 17.1. The van der Waals surface area contributed by atoms with Gasteiger partial charge in [-0.2, -0.15) is 0 Å². The molecule has 146 valence electrons. The third kappa shape index (κ3) is 3.12. The number of piperidine rings is 2. The number of nitrogens with one attached hydrogen (secondary N) is 1. The highest BCUT2D eigenvalue weighted by molar-refractivity contribution is 5.79. The summed E-state index contributed by atoms with van der Waals surface area (Å²) in [4.78, 5) is 18.1. The minimum Gasteiger partial charge on any atom is -0.352 e. The molecular formula is C23H26FN3O. The Morgan fingerprint density at radius 3 is 2.29 bits per heavy atom. The van der Waals surface area contributed by atoms with E-state index < -0.39 is 0 Å². The molecule has 1 amide bonds. The molecule has 4 heterocycles. The fourth-order valence-corrected chi connectivity index (χ4v) is 5.58. The predicted octanol–water partition coefficient (Wildman–Crippen LogP) is 2.05. The fraction of sp³-hybridized carbons (Fsp3) is 0.435. The van der Waals surface area contributed by atoms with Gasteiger partial charge in [0.15, 0.2) is 0 Å². The summed E-state index contributed by atoms with van der Waals surface area (Å²) >= 11 is 0. The lowest BCUT2D eigenvalue weighted by molar-refractivity contribution is -0.123. The van der Waals surface area contributed by atoms with E-state index >= 15 is 0 Å². The maximum atomic E-state index is 13.2. The average Bonchev–Trinajstić information content (AvgIpc) is 2.95. The summed E-state index contributed by atoms with van der Waals surface area (Å²) in [5.41, 5.74) is 2.10. The van der Waals surface area contributed by atoms with Gasteiger partial charge in [-0.05, 0) is 23.3 Å². The van der Waals surface area contributed by atoms with E-state index in [0.717, 1.165) is 44.8 Å². The van der Waals surface area contributed by atoms with Crippen LogP contribution in [-0.4, -0.2) is 61.0 Å². The van der Waals surface area contributed by atoms with E-state index in [4.69, 9.17) is 0 Å². The van der Waals surface area contributed by atoms with Crippen LogP contribution in [0.2, 0.25) is 0 Å². The zero-order chi connectivity index (χ0) is 19.1. The van der Waals surface area contributed by atoms with Gasteiger partial charge < -0.3 is 15.1 Å². The minimum absolute atomic E-state index is 0.0306. The molecule has 4 saturated heterocycles. The summed E-state index contributed by atoms with van der Waals surface area (Å²) in [6.07, 6.45) is 0.293. The van der Waals surface area contributed by atoms with Crippen LogP contribution in [0.4, 0.5) is 4.39 Å². The van der Waals surface area contributed by atoms with Crippen LogP contribution < -0.4 is 5.32 Å². The zero-order valence-corrected chi connectivity index (χ0v) is 16.0. The second-order valence-corrected chi connectivity index (χ2v) is 8.60. The van der Waals surface area contributed by atoms with Crippen molar-refractivity contribution in [3.63, 3.8) is 0 Å². The van der Waals surface area contributed by atoms with Crippen LogP contribution in [-0.2, 0) is 16.6 Å². The third-order valence-corrected chi connectivity index (χ3v) is 6.74. The van der Waals surface area contributed by atoms with Gasteiger partial charge in [-0.25, -0.2) is 4.39 Å². The number of carbonyl (C=O) groups excluding carboxylic acids is 1. The number of hydrogen-bond acceptors (Lipinski definition) is 3. The predicted molar refractivity (Wildman–Crippen MR) is 107 cm³/mol. The molecule has 4 nitrogen and oxygen atoms in total. The largest absolute Gasteiger partial charge is 0.352 e. The summed E-state index contributed by atoms with van der Waals surface area (Å²) in [6.45, 7) is 6.30. The fourth-order valence-electron chi connectivity index (χ4n) is 5.58. The van der Waals surface area contributed by atoms with Gasteiger partial charge in [0.05, 0.1) is 6.42 Å². The van der Waals surface area contributed by atoms with Gasteiger partial charge in [-0.3, -0.25) is 4.79 Å². The number of nitrogens with zero attached hydrogens (tertiary/aromatic N) is 2. The Hall–Kier alpha value is -2.24. The molecule has 28 heavy (non-hydrogen) atoms. The van der Waals surface area contributed by atoms with Crippen molar-refractivity contribution in [1.82, 2.24) is 15.1 Å². The van der Waals surface area contributed by atoms with E-state index in [0.29, 0.717) is 12.3 Å². The lowest BCUT2D eigenvalue weighted by Crippen LogP contribution is -2.70. The molecule has 4 fully saturated rings. The van der Waals surface area contributed by atoms with Crippen molar-refractivity contribution >= 4 is 5.91 Å². The number of amides is 1. The molecule has 6 rings (SSSR count). The number of rotatable bonds is 4. The second kappa shape index (κ2) is 6.98. The third-order valence-electron chi connectivity index (χ3n) is 6.74. The topological polar surface area (TPSA) is 35.6 Å². The van der Waals surface area contributed by atoms with Gasteiger partial charge >= 0.3 is 0 Å². The molecule has 1 N–H and O–H groups in total. The number of hydrogen-bond donors (Lipinski definition) is 1. The number of fused-ring (bicyclic) bond motifs is 1. The molecule has 2 aromatic carbocycles. The van der Waals surface area contributed by atoms with Crippen molar-refractivity contribution in [1.29, 1.82) is 0 Å². The molecule has 2 unspecified atom stereocenters. The number of benzene rings is 2.